The third-order valence-corrected chi connectivity index (χ3v) is 5.21. The molecule has 1 aliphatic rings. The molecule has 0 unspecified atom stereocenters. The zero-order valence-electron chi connectivity index (χ0n) is 17.6. The monoisotopic (exact) mass is 455 g/mol. The van der Waals surface area contributed by atoms with Crippen molar-refractivity contribution in [2.45, 2.75) is 18.6 Å². The average molecular weight is 455 g/mol. The molecule has 0 aromatic carbocycles. The number of amides is 1. The number of carbonyl (C=O) groups excluding carboxylic acids is 1. The third kappa shape index (κ3) is 3.66. The van der Waals surface area contributed by atoms with Gasteiger partial charge in [-0.05, 0) is 12.1 Å². The summed E-state index contributed by atoms with van der Waals surface area (Å²) in [6, 6.07) is 4.17. The van der Waals surface area contributed by atoms with E-state index in [1.54, 1.807) is 26.2 Å². The van der Waals surface area contributed by atoms with Gasteiger partial charge in [-0.3, -0.25) is 18.8 Å². The number of fused-ring (bicyclic) bond motifs is 1. The van der Waals surface area contributed by atoms with E-state index in [4.69, 9.17) is 0 Å². The number of carbonyl (C=O) groups is 1. The van der Waals surface area contributed by atoms with Crippen molar-refractivity contribution >= 4 is 28.9 Å². The first-order valence-corrected chi connectivity index (χ1v) is 10.1. The number of halogens is 2. The van der Waals surface area contributed by atoms with Crippen LogP contribution < -0.4 is 21.5 Å². The Hall–Kier alpha value is -4.29. The molecule has 2 atom stereocenters. The molecule has 1 amide bonds. The molecule has 11 nitrogen and oxygen atoms in total. The Morgan fingerprint density at radius 1 is 1.33 bits per heavy atom. The van der Waals surface area contributed by atoms with Crippen molar-refractivity contribution in [3.8, 4) is 5.82 Å². The summed E-state index contributed by atoms with van der Waals surface area (Å²) in [5.41, 5.74) is -0.0533. The molecule has 0 spiro atoms. The van der Waals surface area contributed by atoms with E-state index >= 15 is 0 Å². The fourth-order valence-corrected chi connectivity index (χ4v) is 3.43. The highest BCUT2D eigenvalue weighted by Gasteiger charge is 2.39. The lowest BCUT2D eigenvalue weighted by Gasteiger charge is -2.11. The first kappa shape index (κ1) is 20.6. The van der Waals surface area contributed by atoms with E-state index in [0.29, 0.717) is 5.82 Å². The van der Waals surface area contributed by atoms with Crippen molar-refractivity contribution < 1.29 is 13.6 Å². The number of nitrogens with zero attached hydrogens (tertiary/aromatic N) is 6. The van der Waals surface area contributed by atoms with Crippen LogP contribution in [0.3, 0.4) is 0 Å². The number of hydrogen-bond donors (Lipinski definition) is 3. The molecular weight excluding hydrogens is 436 g/mol. The lowest BCUT2D eigenvalue weighted by atomic mass is 10.3. The van der Waals surface area contributed by atoms with E-state index in [1.165, 1.54) is 27.7 Å². The Labute approximate surface area is 185 Å². The molecule has 33 heavy (non-hydrogen) atoms. The molecule has 1 fully saturated rings. The molecule has 1 aliphatic carbocycles. The van der Waals surface area contributed by atoms with Crippen LogP contribution in [0.1, 0.15) is 16.8 Å². The van der Waals surface area contributed by atoms with E-state index in [9.17, 15) is 18.4 Å². The molecule has 0 radical (unpaired) electrons. The highest BCUT2D eigenvalue weighted by atomic mass is 19.1. The lowest BCUT2D eigenvalue weighted by Crippen LogP contribution is -2.27. The van der Waals surface area contributed by atoms with E-state index in [2.05, 4.69) is 31.1 Å². The van der Waals surface area contributed by atoms with Crippen molar-refractivity contribution in [2.75, 3.05) is 17.7 Å². The fourth-order valence-electron chi connectivity index (χ4n) is 3.43. The minimum Gasteiger partial charge on any atom is -0.373 e. The Kier molecular flexibility index (Phi) is 4.80. The van der Waals surface area contributed by atoms with E-state index in [1.807, 2.05) is 0 Å². The Bertz CT molecular complexity index is 1440. The average Bonchev–Trinajstić information content (AvgIpc) is 3.16. The van der Waals surface area contributed by atoms with Crippen LogP contribution >= 0.6 is 0 Å². The number of aryl methyl sites for hydroxylation is 1. The standard InChI is InChI=1S/C20H19F2N9O2/c1-23-16-7-15(27-17-10(8-24-31(16)17)19(32)26-14-6-11(14)21)25-13-4-3-5-30(20(13)33)18-12(22)9-29(2)28-18/h3-5,7-9,11,14,23H,6H2,1-2H3,(H,25,27)(H,26,32)/t11-,14+/m0/s1. The number of pyridine rings is 1. The second-order valence-electron chi connectivity index (χ2n) is 7.60. The van der Waals surface area contributed by atoms with Crippen molar-refractivity contribution in [3.05, 3.63) is 58.5 Å². The number of rotatable bonds is 6. The summed E-state index contributed by atoms with van der Waals surface area (Å²) in [5.74, 6) is -0.535. The van der Waals surface area contributed by atoms with Crippen LogP contribution in [0.15, 0.2) is 41.6 Å². The molecule has 4 heterocycles. The molecular formula is C20H19F2N9O2. The van der Waals surface area contributed by atoms with Gasteiger partial charge in [0.15, 0.2) is 17.3 Å². The van der Waals surface area contributed by atoms with Gasteiger partial charge in [0.2, 0.25) is 0 Å². The maximum absolute atomic E-state index is 14.2. The zero-order valence-corrected chi connectivity index (χ0v) is 17.6. The summed E-state index contributed by atoms with van der Waals surface area (Å²) in [6.07, 6.45) is 3.15. The van der Waals surface area contributed by atoms with Crippen LogP contribution in [0.25, 0.3) is 11.5 Å². The predicted octanol–water partition coefficient (Wildman–Crippen LogP) is 1.38. The van der Waals surface area contributed by atoms with Crippen LogP contribution in [0.4, 0.5) is 26.1 Å². The van der Waals surface area contributed by atoms with Gasteiger partial charge in [-0.2, -0.15) is 14.7 Å². The van der Waals surface area contributed by atoms with Gasteiger partial charge in [0, 0.05) is 32.8 Å². The van der Waals surface area contributed by atoms with Gasteiger partial charge in [-0.1, -0.05) is 0 Å². The van der Waals surface area contributed by atoms with Gasteiger partial charge in [0.25, 0.3) is 11.5 Å². The topological polar surface area (TPSA) is 123 Å². The Morgan fingerprint density at radius 2 is 2.12 bits per heavy atom. The number of aromatic nitrogens is 6. The van der Waals surface area contributed by atoms with Crippen LogP contribution in [-0.2, 0) is 7.05 Å². The SMILES string of the molecule is CNc1cc(Nc2cccn(-c3nn(C)cc3F)c2=O)nc2c(C(=O)N[C@@H]3C[C@@H]3F)cnn12. The van der Waals surface area contributed by atoms with Crippen molar-refractivity contribution in [1.29, 1.82) is 0 Å². The lowest BCUT2D eigenvalue weighted by molar-refractivity contribution is 0.0949. The molecule has 0 bridgehead atoms. The molecule has 0 saturated heterocycles. The summed E-state index contributed by atoms with van der Waals surface area (Å²) in [7, 11) is 3.21. The van der Waals surface area contributed by atoms with E-state index < -0.39 is 29.5 Å². The van der Waals surface area contributed by atoms with Crippen molar-refractivity contribution in [2.24, 2.45) is 7.05 Å². The molecule has 4 aromatic rings. The van der Waals surface area contributed by atoms with Gasteiger partial charge >= 0.3 is 0 Å². The molecule has 1 saturated carbocycles. The second kappa shape index (κ2) is 7.69. The molecule has 5 rings (SSSR count). The highest BCUT2D eigenvalue weighted by molar-refractivity contribution is 6.00. The van der Waals surface area contributed by atoms with Crippen LogP contribution in [0, 0.1) is 5.82 Å². The van der Waals surface area contributed by atoms with Crippen LogP contribution in [0.2, 0.25) is 0 Å². The van der Waals surface area contributed by atoms with Crippen LogP contribution in [-0.4, -0.2) is 54.1 Å². The number of hydrogen-bond acceptors (Lipinski definition) is 7. The normalized spacial score (nSPS) is 17.2. The first-order chi connectivity index (χ1) is 15.9. The molecule has 3 N–H and O–H groups in total. The molecule has 13 heteroatoms. The third-order valence-electron chi connectivity index (χ3n) is 5.21. The van der Waals surface area contributed by atoms with Gasteiger partial charge in [-0.25, -0.2) is 13.8 Å². The van der Waals surface area contributed by atoms with Crippen molar-refractivity contribution in [3.63, 3.8) is 0 Å². The smallest absolute Gasteiger partial charge is 0.280 e. The van der Waals surface area contributed by atoms with Gasteiger partial charge in [-0.15, -0.1) is 0 Å². The Balaban J connectivity index is 1.52. The molecule has 0 aliphatic heterocycles. The number of alkyl halides is 1. The largest absolute Gasteiger partial charge is 0.373 e. The predicted molar refractivity (Wildman–Crippen MR) is 115 cm³/mol. The van der Waals surface area contributed by atoms with Gasteiger partial charge < -0.3 is 16.0 Å². The van der Waals surface area contributed by atoms with Gasteiger partial charge in [0.05, 0.1) is 18.4 Å². The second-order valence-corrected chi connectivity index (χ2v) is 7.60. The minimum absolute atomic E-state index is 0.116. The fraction of sp³-hybridized carbons (Fsp3) is 0.250. The summed E-state index contributed by atoms with van der Waals surface area (Å²) < 4.78 is 31.1. The Morgan fingerprint density at radius 3 is 2.79 bits per heavy atom. The molecule has 170 valence electrons. The summed E-state index contributed by atoms with van der Waals surface area (Å²) >= 11 is 0. The summed E-state index contributed by atoms with van der Waals surface area (Å²) in [4.78, 5) is 30.0. The first-order valence-electron chi connectivity index (χ1n) is 10.1. The van der Waals surface area contributed by atoms with Crippen molar-refractivity contribution in [1.82, 2.24) is 34.3 Å². The number of anilines is 3. The van der Waals surface area contributed by atoms with E-state index in [0.717, 1.165) is 10.8 Å². The zero-order chi connectivity index (χ0) is 23.3. The quantitative estimate of drug-likeness (QED) is 0.401. The van der Waals surface area contributed by atoms with Gasteiger partial charge in [0.1, 0.15) is 29.1 Å². The molecule has 4 aromatic heterocycles. The summed E-state index contributed by atoms with van der Waals surface area (Å²) in [6.45, 7) is 0. The minimum atomic E-state index is -1.04. The maximum atomic E-state index is 14.2. The maximum Gasteiger partial charge on any atom is 0.280 e. The van der Waals surface area contributed by atoms with E-state index in [-0.39, 0.29) is 35.0 Å². The highest BCUT2D eigenvalue weighted by Crippen LogP contribution is 2.26. The van der Waals surface area contributed by atoms with Crippen LogP contribution in [0.5, 0.6) is 0 Å². The summed E-state index contributed by atoms with van der Waals surface area (Å²) in [5, 5.41) is 16.6. The number of nitrogens with one attached hydrogen (secondary N) is 3.